The average molecular weight is 448 g/mol. The molecule has 0 radical (unpaired) electrons. The Kier molecular flexibility index (Phi) is 7.38. The predicted octanol–water partition coefficient (Wildman–Crippen LogP) is 5.98. The van der Waals surface area contributed by atoms with Gasteiger partial charge in [-0.25, -0.2) is 4.79 Å². The first-order valence-corrected chi connectivity index (χ1v) is 10.8. The molecule has 0 heterocycles. The van der Waals surface area contributed by atoms with E-state index in [-0.39, 0.29) is 16.7 Å². The van der Waals surface area contributed by atoms with Crippen LogP contribution >= 0.6 is 0 Å². The molecule has 0 fully saturated rings. The van der Waals surface area contributed by atoms with Crippen molar-refractivity contribution in [3.05, 3.63) is 83.4 Å². The number of carbonyl (C=O) groups is 2. The third-order valence-electron chi connectivity index (χ3n) is 5.69. The maximum atomic E-state index is 12.1. The van der Waals surface area contributed by atoms with E-state index in [0.29, 0.717) is 17.0 Å². The van der Waals surface area contributed by atoms with E-state index in [9.17, 15) is 14.7 Å². The lowest BCUT2D eigenvalue weighted by atomic mass is 9.82. The number of anilines is 1. The minimum absolute atomic E-state index is 0.0237. The predicted molar refractivity (Wildman–Crippen MR) is 128 cm³/mol. The molecule has 0 bridgehead atoms. The largest absolute Gasteiger partial charge is 0.507 e. The van der Waals surface area contributed by atoms with Crippen molar-refractivity contribution in [1.29, 1.82) is 0 Å². The van der Waals surface area contributed by atoms with Crippen LogP contribution in [0.5, 0.6) is 17.2 Å². The molecule has 0 saturated carbocycles. The van der Waals surface area contributed by atoms with Crippen LogP contribution in [0.25, 0.3) is 0 Å². The van der Waals surface area contributed by atoms with E-state index in [1.54, 1.807) is 43.3 Å². The van der Waals surface area contributed by atoms with Gasteiger partial charge in [-0.2, -0.15) is 0 Å². The lowest BCUT2D eigenvalue weighted by molar-refractivity contribution is -0.119. The van der Waals surface area contributed by atoms with Gasteiger partial charge in [0.1, 0.15) is 22.8 Å². The van der Waals surface area contributed by atoms with Crippen molar-refractivity contribution < 1.29 is 24.2 Å². The van der Waals surface area contributed by atoms with Crippen molar-refractivity contribution in [2.45, 2.75) is 39.5 Å². The van der Waals surface area contributed by atoms with Gasteiger partial charge < -0.3 is 19.9 Å². The quantitative estimate of drug-likeness (QED) is 0.415. The van der Waals surface area contributed by atoms with Crippen molar-refractivity contribution in [2.75, 3.05) is 11.9 Å². The molecule has 3 aromatic rings. The number of phenols is 1. The van der Waals surface area contributed by atoms with Gasteiger partial charge in [0.15, 0.2) is 6.61 Å². The standard InChI is InChI=1S/C27H29NO5/c1-5-27(3,4)19-9-13-21(14-10-19)33-22-15-11-20(12-16-22)28-24(29)17-32-26(31)23-8-6-7-18(2)25(23)30/h6-16,30H,5,17H2,1-4H3,(H,28,29). The summed E-state index contributed by atoms with van der Waals surface area (Å²) in [5.74, 6) is -0.0328. The molecule has 0 aliphatic heterocycles. The Morgan fingerprint density at radius 3 is 2.15 bits per heavy atom. The van der Waals surface area contributed by atoms with Crippen LogP contribution in [0.15, 0.2) is 66.7 Å². The second-order valence-electron chi connectivity index (χ2n) is 8.48. The number of aryl methyl sites for hydroxylation is 1. The van der Waals surface area contributed by atoms with Crippen molar-refractivity contribution in [2.24, 2.45) is 0 Å². The first kappa shape index (κ1) is 23.9. The van der Waals surface area contributed by atoms with Crippen molar-refractivity contribution in [1.82, 2.24) is 0 Å². The van der Waals surface area contributed by atoms with E-state index in [2.05, 4.69) is 38.2 Å². The molecule has 0 aliphatic rings. The van der Waals surface area contributed by atoms with Crippen LogP contribution in [0, 0.1) is 6.92 Å². The molecule has 0 aliphatic carbocycles. The fourth-order valence-corrected chi connectivity index (χ4v) is 3.15. The van der Waals surface area contributed by atoms with E-state index in [4.69, 9.17) is 9.47 Å². The van der Waals surface area contributed by atoms with Gasteiger partial charge in [0.2, 0.25) is 0 Å². The van der Waals surface area contributed by atoms with Gasteiger partial charge in [0.25, 0.3) is 5.91 Å². The first-order valence-electron chi connectivity index (χ1n) is 10.8. The molecule has 0 spiro atoms. The number of carbonyl (C=O) groups excluding carboxylic acids is 2. The highest BCUT2D eigenvalue weighted by Crippen LogP contribution is 2.30. The Morgan fingerprint density at radius 2 is 1.55 bits per heavy atom. The van der Waals surface area contributed by atoms with Crippen LogP contribution in [0.4, 0.5) is 5.69 Å². The summed E-state index contributed by atoms with van der Waals surface area (Å²) in [6.45, 7) is 7.80. The lowest BCUT2D eigenvalue weighted by Crippen LogP contribution is -2.21. The Labute approximate surface area is 194 Å². The highest BCUT2D eigenvalue weighted by Gasteiger charge is 2.18. The normalized spacial score (nSPS) is 11.0. The minimum Gasteiger partial charge on any atom is -0.507 e. The molecule has 0 aromatic heterocycles. The second kappa shape index (κ2) is 10.2. The van der Waals surface area contributed by atoms with E-state index >= 15 is 0 Å². The van der Waals surface area contributed by atoms with Gasteiger partial charge in [-0.05, 0) is 72.4 Å². The van der Waals surface area contributed by atoms with E-state index in [1.165, 1.54) is 11.6 Å². The molecule has 3 aromatic carbocycles. The Balaban J connectivity index is 1.52. The van der Waals surface area contributed by atoms with E-state index in [1.807, 2.05) is 12.1 Å². The molecule has 6 nitrogen and oxygen atoms in total. The number of aromatic hydroxyl groups is 1. The number of rotatable bonds is 8. The smallest absolute Gasteiger partial charge is 0.342 e. The maximum absolute atomic E-state index is 12.1. The molecule has 2 N–H and O–H groups in total. The monoisotopic (exact) mass is 447 g/mol. The van der Waals surface area contributed by atoms with Gasteiger partial charge in [-0.1, -0.05) is 45.0 Å². The van der Waals surface area contributed by atoms with Crippen molar-refractivity contribution in [3.63, 3.8) is 0 Å². The molecule has 0 unspecified atom stereocenters. The van der Waals surface area contributed by atoms with Crippen LogP contribution in [0.1, 0.15) is 48.7 Å². The summed E-state index contributed by atoms with van der Waals surface area (Å²) in [5.41, 5.74) is 2.50. The number of ether oxygens (including phenoxy) is 2. The lowest BCUT2D eigenvalue weighted by Gasteiger charge is -2.23. The van der Waals surface area contributed by atoms with Crippen LogP contribution in [0.3, 0.4) is 0 Å². The molecule has 0 saturated heterocycles. The highest BCUT2D eigenvalue weighted by molar-refractivity contribution is 5.97. The summed E-state index contributed by atoms with van der Waals surface area (Å²) in [4.78, 5) is 24.2. The summed E-state index contributed by atoms with van der Waals surface area (Å²) >= 11 is 0. The first-order chi connectivity index (χ1) is 15.7. The number of benzene rings is 3. The zero-order chi connectivity index (χ0) is 24.0. The topological polar surface area (TPSA) is 84.9 Å². The maximum Gasteiger partial charge on any atom is 0.342 e. The molecule has 0 atom stereocenters. The summed E-state index contributed by atoms with van der Waals surface area (Å²) < 4.78 is 10.9. The fraction of sp³-hybridized carbons (Fsp3) is 0.259. The number of nitrogens with one attached hydrogen (secondary N) is 1. The van der Waals surface area contributed by atoms with Crippen molar-refractivity contribution in [3.8, 4) is 17.2 Å². The fourth-order valence-electron chi connectivity index (χ4n) is 3.15. The zero-order valence-electron chi connectivity index (χ0n) is 19.3. The number of amides is 1. The zero-order valence-corrected chi connectivity index (χ0v) is 19.3. The second-order valence-corrected chi connectivity index (χ2v) is 8.48. The van der Waals surface area contributed by atoms with Gasteiger partial charge in [-0.15, -0.1) is 0 Å². The summed E-state index contributed by atoms with van der Waals surface area (Å²) in [5, 5.41) is 12.6. The third-order valence-corrected chi connectivity index (χ3v) is 5.69. The Hall–Kier alpha value is -3.80. The van der Waals surface area contributed by atoms with Gasteiger partial charge >= 0.3 is 5.97 Å². The summed E-state index contributed by atoms with van der Waals surface area (Å²) in [6, 6.07) is 19.7. The minimum atomic E-state index is -0.761. The number of hydrogen-bond acceptors (Lipinski definition) is 5. The van der Waals surface area contributed by atoms with Crippen LogP contribution in [-0.4, -0.2) is 23.6 Å². The van der Waals surface area contributed by atoms with Gasteiger partial charge in [0.05, 0.1) is 0 Å². The molecular formula is C27H29NO5. The molecule has 33 heavy (non-hydrogen) atoms. The summed E-state index contributed by atoms with van der Waals surface area (Å²) in [7, 11) is 0. The van der Waals surface area contributed by atoms with Crippen LogP contribution < -0.4 is 10.1 Å². The van der Waals surface area contributed by atoms with Crippen molar-refractivity contribution >= 4 is 17.6 Å². The van der Waals surface area contributed by atoms with Crippen LogP contribution in [-0.2, 0) is 14.9 Å². The summed E-state index contributed by atoms with van der Waals surface area (Å²) in [6.07, 6.45) is 1.05. The molecule has 172 valence electrons. The number of para-hydroxylation sites is 1. The average Bonchev–Trinajstić information content (AvgIpc) is 2.81. The Bertz CT molecular complexity index is 1120. The van der Waals surface area contributed by atoms with Gasteiger partial charge in [-0.3, -0.25) is 4.79 Å². The third kappa shape index (κ3) is 6.13. The molecular weight excluding hydrogens is 418 g/mol. The molecule has 1 amide bonds. The van der Waals surface area contributed by atoms with E-state index in [0.717, 1.165) is 12.2 Å². The SMILES string of the molecule is CCC(C)(C)c1ccc(Oc2ccc(NC(=O)COC(=O)c3cccc(C)c3O)cc2)cc1. The number of esters is 1. The van der Waals surface area contributed by atoms with Gasteiger partial charge in [0, 0.05) is 5.69 Å². The molecule has 6 heteroatoms. The highest BCUT2D eigenvalue weighted by atomic mass is 16.5. The number of hydrogen-bond donors (Lipinski definition) is 2. The van der Waals surface area contributed by atoms with Crippen LogP contribution in [0.2, 0.25) is 0 Å². The van der Waals surface area contributed by atoms with E-state index < -0.39 is 18.5 Å². The molecule has 3 rings (SSSR count). The number of phenolic OH excluding ortho intramolecular Hbond substituents is 1. The Morgan fingerprint density at radius 1 is 0.939 bits per heavy atom.